The van der Waals surface area contributed by atoms with E-state index in [0.29, 0.717) is 11.3 Å². The van der Waals surface area contributed by atoms with Gasteiger partial charge < -0.3 is 14.8 Å². The molecule has 0 fully saturated rings. The summed E-state index contributed by atoms with van der Waals surface area (Å²) in [6.07, 6.45) is 0. The summed E-state index contributed by atoms with van der Waals surface area (Å²) in [5.41, 5.74) is 1.02. The molecule has 0 aliphatic heterocycles. The summed E-state index contributed by atoms with van der Waals surface area (Å²) >= 11 is 2.14. The van der Waals surface area contributed by atoms with E-state index in [1.807, 2.05) is 0 Å². The molecule has 1 N–H and O–H groups in total. The van der Waals surface area contributed by atoms with Crippen LogP contribution in [0.1, 0.15) is 31.1 Å². The molecule has 0 aliphatic rings. The Morgan fingerprint density at radius 1 is 0.833 bits per heavy atom. The molecular formula is C17H14INO5. The number of methoxy groups -OCH3 is 2. The zero-order chi connectivity index (χ0) is 17.7. The van der Waals surface area contributed by atoms with Crippen LogP contribution in [0.4, 0.5) is 5.69 Å². The minimum atomic E-state index is -0.620. The molecule has 0 atom stereocenters. The van der Waals surface area contributed by atoms with Crippen LogP contribution < -0.4 is 5.32 Å². The Labute approximate surface area is 152 Å². The van der Waals surface area contributed by atoms with Crippen LogP contribution in [0.3, 0.4) is 0 Å². The summed E-state index contributed by atoms with van der Waals surface area (Å²) in [7, 11) is 2.47. The molecule has 0 aliphatic carbocycles. The Balaban J connectivity index is 2.34. The van der Waals surface area contributed by atoms with E-state index >= 15 is 0 Å². The summed E-state index contributed by atoms with van der Waals surface area (Å²) in [4.78, 5) is 35.7. The summed E-state index contributed by atoms with van der Waals surface area (Å²) < 4.78 is 10.3. The third kappa shape index (κ3) is 4.31. The van der Waals surface area contributed by atoms with Crippen LogP contribution in [0.15, 0.2) is 42.5 Å². The molecule has 1 amide bonds. The first-order chi connectivity index (χ1) is 11.4. The third-order valence-corrected chi connectivity index (χ3v) is 3.86. The Hall–Kier alpha value is -2.42. The number of carbonyl (C=O) groups excluding carboxylic acids is 3. The highest BCUT2D eigenvalue weighted by molar-refractivity contribution is 14.1. The van der Waals surface area contributed by atoms with Gasteiger partial charge in [0, 0.05) is 14.8 Å². The van der Waals surface area contributed by atoms with E-state index in [-0.39, 0.29) is 17.0 Å². The van der Waals surface area contributed by atoms with Crippen LogP contribution >= 0.6 is 22.6 Å². The molecule has 2 aromatic rings. The second kappa shape index (κ2) is 7.91. The molecule has 0 saturated carbocycles. The summed E-state index contributed by atoms with van der Waals surface area (Å²) in [5.74, 6) is -1.60. The van der Waals surface area contributed by atoms with Gasteiger partial charge in [0.2, 0.25) is 0 Å². The number of hydrogen-bond donors (Lipinski definition) is 1. The predicted octanol–water partition coefficient (Wildman–Crippen LogP) is 3.12. The summed E-state index contributed by atoms with van der Waals surface area (Å²) in [6, 6.07) is 11.2. The highest BCUT2D eigenvalue weighted by Crippen LogP contribution is 2.18. The van der Waals surface area contributed by atoms with Crippen LogP contribution in [-0.4, -0.2) is 32.1 Å². The standard InChI is InChI=1S/C17H14INO5/c1-23-16(21)11-7-12(17(22)24-2)9-14(8-11)19-15(20)10-3-5-13(18)6-4-10/h3-9H,1-2H3,(H,19,20). The second-order valence-electron chi connectivity index (χ2n) is 4.74. The van der Waals surface area contributed by atoms with Crippen molar-refractivity contribution in [3.05, 3.63) is 62.7 Å². The number of hydrogen-bond acceptors (Lipinski definition) is 5. The Bertz CT molecular complexity index is 752. The van der Waals surface area contributed by atoms with Crippen molar-refractivity contribution in [2.24, 2.45) is 0 Å². The van der Waals surface area contributed by atoms with Gasteiger partial charge in [-0.15, -0.1) is 0 Å². The van der Waals surface area contributed by atoms with Crippen molar-refractivity contribution in [3.8, 4) is 0 Å². The van der Waals surface area contributed by atoms with Gasteiger partial charge in [-0.3, -0.25) is 4.79 Å². The van der Waals surface area contributed by atoms with Crippen LogP contribution in [-0.2, 0) is 9.47 Å². The normalized spacial score (nSPS) is 9.96. The summed E-state index contributed by atoms with van der Waals surface area (Å²) in [5, 5.41) is 2.66. The fourth-order valence-corrected chi connectivity index (χ4v) is 2.34. The lowest BCUT2D eigenvalue weighted by Crippen LogP contribution is -2.14. The van der Waals surface area contributed by atoms with Crippen molar-refractivity contribution in [3.63, 3.8) is 0 Å². The van der Waals surface area contributed by atoms with Crippen LogP contribution in [0.5, 0.6) is 0 Å². The Kier molecular flexibility index (Phi) is 5.91. The highest BCUT2D eigenvalue weighted by atomic mass is 127. The maximum Gasteiger partial charge on any atom is 0.337 e. The lowest BCUT2D eigenvalue weighted by atomic mass is 10.1. The van der Waals surface area contributed by atoms with Crippen LogP contribution in [0, 0.1) is 3.57 Å². The lowest BCUT2D eigenvalue weighted by Gasteiger charge is -2.09. The first-order valence-electron chi connectivity index (χ1n) is 6.83. The lowest BCUT2D eigenvalue weighted by molar-refractivity contribution is 0.0599. The zero-order valence-corrected chi connectivity index (χ0v) is 15.1. The predicted molar refractivity (Wildman–Crippen MR) is 96.2 cm³/mol. The first-order valence-corrected chi connectivity index (χ1v) is 7.91. The number of nitrogens with one attached hydrogen (secondary N) is 1. The number of benzene rings is 2. The van der Waals surface area contributed by atoms with Gasteiger partial charge in [0.25, 0.3) is 5.91 Å². The van der Waals surface area contributed by atoms with Gasteiger partial charge in [-0.25, -0.2) is 9.59 Å². The van der Waals surface area contributed by atoms with Gasteiger partial charge in [-0.2, -0.15) is 0 Å². The minimum absolute atomic E-state index is 0.137. The smallest absolute Gasteiger partial charge is 0.337 e. The van der Waals surface area contributed by atoms with E-state index in [0.717, 1.165) is 3.57 Å². The van der Waals surface area contributed by atoms with Crippen molar-refractivity contribution in [2.45, 2.75) is 0 Å². The summed E-state index contributed by atoms with van der Waals surface area (Å²) in [6.45, 7) is 0. The van der Waals surface area contributed by atoms with E-state index in [4.69, 9.17) is 0 Å². The van der Waals surface area contributed by atoms with Crippen LogP contribution in [0.2, 0.25) is 0 Å². The number of rotatable bonds is 4. The largest absolute Gasteiger partial charge is 0.465 e. The molecule has 0 bridgehead atoms. The monoisotopic (exact) mass is 439 g/mol. The number of carbonyl (C=O) groups is 3. The highest BCUT2D eigenvalue weighted by Gasteiger charge is 2.15. The van der Waals surface area contributed by atoms with Gasteiger partial charge >= 0.3 is 11.9 Å². The van der Waals surface area contributed by atoms with E-state index in [1.165, 1.54) is 32.4 Å². The maximum absolute atomic E-state index is 12.3. The molecule has 24 heavy (non-hydrogen) atoms. The average molecular weight is 439 g/mol. The van der Waals surface area contributed by atoms with Gasteiger partial charge in [-0.05, 0) is 65.1 Å². The van der Waals surface area contributed by atoms with Gasteiger partial charge in [0.1, 0.15) is 0 Å². The number of ether oxygens (including phenoxy) is 2. The zero-order valence-electron chi connectivity index (χ0n) is 13.0. The minimum Gasteiger partial charge on any atom is -0.465 e. The third-order valence-electron chi connectivity index (χ3n) is 3.14. The molecular weight excluding hydrogens is 425 g/mol. The topological polar surface area (TPSA) is 81.7 Å². The van der Waals surface area contributed by atoms with Gasteiger partial charge in [-0.1, -0.05) is 0 Å². The molecule has 2 rings (SSSR count). The molecule has 0 heterocycles. The first kappa shape index (κ1) is 17.9. The Morgan fingerprint density at radius 2 is 1.33 bits per heavy atom. The fourth-order valence-electron chi connectivity index (χ4n) is 1.98. The second-order valence-corrected chi connectivity index (χ2v) is 5.99. The maximum atomic E-state index is 12.3. The average Bonchev–Trinajstić information content (AvgIpc) is 2.60. The van der Waals surface area contributed by atoms with Crippen molar-refractivity contribution in [1.29, 1.82) is 0 Å². The quantitative estimate of drug-likeness (QED) is 0.585. The fraction of sp³-hybridized carbons (Fsp3) is 0.118. The molecule has 0 aromatic heterocycles. The van der Waals surface area contributed by atoms with Crippen molar-refractivity contribution in [2.75, 3.05) is 19.5 Å². The van der Waals surface area contributed by atoms with Crippen molar-refractivity contribution in [1.82, 2.24) is 0 Å². The molecule has 124 valence electrons. The van der Waals surface area contributed by atoms with Crippen molar-refractivity contribution >= 4 is 46.1 Å². The number of anilines is 1. The SMILES string of the molecule is COC(=O)c1cc(NC(=O)c2ccc(I)cc2)cc(C(=O)OC)c1. The number of esters is 2. The number of halogens is 1. The molecule has 2 aromatic carbocycles. The van der Waals surface area contributed by atoms with Gasteiger partial charge in [0.05, 0.1) is 25.3 Å². The number of amides is 1. The van der Waals surface area contributed by atoms with Crippen LogP contribution in [0.25, 0.3) is 0 Å². The van der Waals surface area contributed by atoms with E-state index in [2.05, 4.69) is 37.4 Å². The molecule has 6 nitrogen and oxygen atoms in total. The molecule has 0 radical (unpaired) electrons. The molecule has 7 heteroatoms. The molecule has 0 unspecified atom stereocenters. The molecule has 0 spiro atoms. The van der Waals surface area contributed by atoms with E-state index < -0.39 is 11.9 Å². The Morgan fingerprint density at radius 3 is 1.79 bits per heavy atom. The van der Waals surface area contributed by atoms with Crippen molar-refractivity contribution < 1.29 is 23.9 Å². The molecule has 0 saturated heterocycles. The van der Waals surface area contributed by atoms with E-state index in [9.17, 15) is 14.4 Å². The van der Waals surface area contributed by atoms with Gasteiger partial charge in [0.15, 0.2) is 0 Å². The van der Waals surface area contributed by atoms with E-state index in [1.54, 1.807) is 24.3 Å².